The van der Waals surface area contributed by atoms with Gasteiger partial charge in [0.1, 0.15) is 11.5 Å². The van der Waals surface area contributed by atoms with Gasteiger partial charge in [-0.15, -0.1) is 0 Å². The maximum Gasteiger partial charge on any atom is 0.270 e. The Bertz CT molecular complexity index is 1040. The molecule has 3 aromatic rings. The molecule has 1 aliphatic rings. The summed E-state index contributed by atoms with van der Waals surface area (Å²) in [5.74, 6) is -1.43. The van der Waals surface area contributed by atoms with Gasteiger partial charge in [-0.1, -0.05) is 12.1 Å². The van der Waals surface area contributed by atoms with Crippen molar-refractivity contribution in [2.45, 2.75) is 12.8 Å². The van der Waals surface area contributed by atoms with Crippen molar-refractivity contribution in [3.63, 3.8) is 0 Å². The van der Waals surface area contributed by atoms with E-state index in [0.717, 1.165) is 17.7 Å². The lowest BCUT2D eigenvalue weighted by Crippen LogP contribution is -2.52. The number of amides is 1. The van der Waals surface area contributed by atoms with E-state index in [4.69, 9.17) is 10.5 Å². The van der Waals surface area contributed by atoms with Gasteiger partial charge in [-0.05, 0) is 60.5 Å². The van der Waals surface area contributed by atoms with E-state index in [1.165, 1.54) is 24.3 Å². The second-order valence-electron chi connectivity index (χ2n) is 7.52. The summed E-state index contributed by atoms with van der Waals surface area (Å²) in [5, 5.41) is 1.72. The minimum Gasteiger partial charge on any atom is -0.457 e. The Hall–Kier alpha value is -2.99. The molecule has 1 heterocycles. The van der Waals surface area contributed by atoms with Crippen molar-refractivity contribution in [1.82, 2.24) is 4.90 Å². The van der Waals surface area contributed by atoms with Crippen LogP contribution in [0.15, 0.2) is 60.7 Å². The Balaban J connectivity index is 1.56. The third-order valence-electron chi connectivity index (χ3n) is 5.25. The molecule has 2 N–H and O–H groups in total. The zero-order valence-electron chi connectivity index (χ0n) is 16.1. The van der Waals surface area contributed by atoms with E-state index in [2.05, 4.69) is 0 Å². The predicted molar refractivity (Wildman–Crippen MR) is 108 cm³/mol. The number of likely N-dealkylation sites (tertiary alicyclic amines) is 1. The summed E-state index contributed by atoms with van der Waals surface area (Å²) in [6.07, 6.45) is 0. The summed E-state index contributed by atoms with van der Waals surface area (Å²) < 4.78 is 32.7. The molecule has 3 aromatic carbocycles. The number of nitrogens with two attached hydrogens (primary N) is 1. The summed E-state index contributed by atoms with van der Waals surface area (Å²) >= 11 is 0. The highest BCUT2D eigenvalue weighted by molar-refractivity contribution is 6.00. The summed E-state index contributed by atoms with van der Waals surface area (Å²) in [5.41, 5.74) is 6.19. The molecule has 0 atom stereocenters. The average Bonchev–Trinajstić information content (AvgIpc) is 2.66. The van der Waals surface area contributed by atoms with Gasteiger partial charge in [-0.2, -0.15) is 0 Å². The number of fused-ring (bicyclic) bond motifs is 1. The van der Waals surface area contributed by atoms with Crippen molar-refractivity contribution in [2.24, 2.45) is 11.7 Å². The number of ether oxygens (including phenoxy) is 1. The van der Waals surface area contributed by atoms with Gasteiger partial charge in [0.25, 0.3) is 11.8 Å². The van der Waals surface area contributed by atoms with Crippen molar-refractivity contribution >= 4 is 16.7 Å². The molecule has 0 bridgehead atoms. The largest absolute Gasteiger partial charge is 0.457 e. The van der Waals surface area contributed by atoms with Crippen LogP contribution in [0, 0.1) is 5.92 Å². The molecule has 4 rings (SSSR count). The number of alkyl halides is 2. The predicted octanol–water partition coefficient (Wildman–Crippen LogP) is 4.77. The number of carbonyl (C=O) groups is 1. The fourth-order valence-electron chi connectivity index (χ4n) is 3.49. The first-order chi connectivity index (χ1) is 13.8. The van der Waals surface area contributed by atoms with Gasteiger partial charge in [0.05, 0.1) is 0 Å². The van der Waals surface area contributed by atoms with Gasteiger partial charge in [0.15, 0.2) is 0 Å². The molecule has 1 saturated heterocycles. The zero-order chi connectivity index (χ0) is 20.6. The highest BCUT2D eigenvalue weighted by Gasteiger charge is 2.30. The number of nitrogens with zero attached hydrogens (tertiary/aromatic N) is 1. The summed E-state index contributed by atoms with van der Waals surface area (Å²) in [6.45, 7) is 2.86. The SMILES string of the molecule is CC(F)(F)c1ccc(Oc2cccc3cc(C(=O)N4CC(CN)C4)ccc23)cc1. The maximum atomic E-state index is 13.4. The van der Waals surface area contributed by atoms with Gasteiger partial charge in [0.2, 0.25) is 0 Å². The molecular weight excluding hydrogens is 374 g/mol. The van der Waals surface area contributed by atoms with Gasteiger partial charge in [-0.3, -0.25) is 4.79 Å². The maximum absolute atomic E-state index is 13.4. The van der Waals surface area contributed by atoms with Crippen molar-refractivity contribution < 1.29 is 18.3 Å². The number of halogens is 2. The standard InChI is InChI=1S/C23H22F2N2O2/c1-23(24,25)18-6-8-19(9-7-18)29-21-4-2-3-16-11-17(5-10-20(16)21)22(28)27-13-15(12-26)14-27/h2-11,15H,12-14,26H2,1H3. The van der Waals surface area contributed by atoms with E-state index in [-0.39, 0.29) is 11.5 Å². The van der Waals surface area contributed by atoms with Crippen LogP contribution in [0.1, 0.15) is 22.8 Å². The molecule has 0 aliphatic carbocycles. The van der Waals surface area contributed by atoms with Crippen molar-refractivity contribution in [2.75, 3.05) is 19.6 Å². The van der Waals surface area contributed by atoms with Crippen molar-refractivity contribution in [1.29, 1.82) is 0 Å². The van der Waals surface area contributed by atoms with Crippen LogP contribution in [0.5, 0.6) is 11.5 Å². The monoisotopic (exact) mass is 396 g/mol. The van der Waals surface area contributed by atoms with Crippen LogP contribution in [0.3, 0.4) is 0 Å². The lowest BCUT2D eigenvalue weighted by atomic mass is 9.98. The molecule has 0 unspecified atom stereocenters. The lowest BCUT2D eigenvalue weighted by molar-refractivity contribution is 0.0174. The Labute approximate surface area is 167 Å². The quantitative estimate of drug-likeness (QED) is 0.676. The van der Waals surface area contributed by atoms with Crippen LogP contribution in [0.25, 0.3) is 10.8 Å². The highest BCUT2D eigenvalue weighted by Crippen LogP contribution is 2.33. The first kappa shape index (κ1) is 19.3. The fraction of sp³-hybridized carbons (Fsp3) is 0.261. The molecule has 0 radical (unpaired) electrons. The smallest absolute Gasteiger partial charge is 0.270 e. The van der Waals surface area contributed by atoms with Crippen molar-refractivity contribution in [3.8, 4) is 11.5 Å². The van der Waals surface area contributed by atoms with E-state index in [1.807, 2.05) is 30.3 Å². The number of hydrogen-bond donors (Lipinski definition) is 1. The van der Waals surface area contributed by atoms with Gasteiger partial charge >= 0.3 is 0 Å². The Morgan fingerprint density at radius 3 is 2.52 bits per heavy atom. The number of carbonyl (C=O) groups excluding carboxylic acids is 1. The second kappa shape index (κ2) is 7.44. The van der Waals surface area contributed by atoms with Crippen LogP contribution in [-0.2, 0) is 5.92 Å². The number of rotatable bonds is 5. The van der Waals surface area contributed by atoms with Gasteiger partial charge in [0, 0.05) is 42.4 Å². The highest BCUT2D eigenvalue weighted by atomic mass is 19.3. The van der Waals surface area contributed by atoms with Crippen LogP contribution in [0.2, 0.25) is 0 Å². The molecule has 4 nitrogen and oxygen atoms in total. The van der Waals surface area contributed by atoms with E-state index >= 15 is 0 Å². The topological polar surface area (TPSA) is 55.6 Å². The number of hydrogen-bond acceptors (Lipinski definition) is 3. The normalized spacial score (nSPS) is 14.7. The van der Waals surface area contributed by atoms with E-state index < -0.39 is 5.92 Å². The van der Waals surface area contributed by atoms with Gasteiger partial charge < -0.3 is 15.4 Å². The minimum atomic E-state index is -2.89. The lowest BCUT2D eigenvalue weighted by Gasteiger charge is -2.38. The molecule has 1 aliphatic heterocycles. The van der Waals surface area contributed by atoms with Crippen LogP contribution < -0.4 is 10.5 Å². The molecule has 150 valence electrons. The average molecular weight is 396 g/mol. The Morgan fingerprint density at radius 2 is 1.86 bits per heavy atom. The third kappa shape index (κ3) is 3.93. The second-order valence-corrected chi connectivity index (χ2v) is 7.52. The van der Waals surface area contributed by atoms with E-state index in [9.17, 15) is 13.6 Å². The van der Waals surface area contributed by atoms with Crippen LogP contribution >= 0.6 is 0 Å². The molecule has 0 aromatic heterocycles. The summed E-state index contributed by atoms with van der Waals surface area (Å²) in [6, 6.07) is 16.8. The molecular formula is C23H22F2N2O2. The van der Waals surface area contributed by atoms with Crippen LogP contribution in [0.4, 0.5) is 8.78 Å². The molecule has 0 spiro atoms. The van der Waals surface area contributed by atoms with Gasteiger partial charge in [-0.25, -0.2) is 8.78 Å². The van der Waals surface area contributed by atoms with Crippen LogP contribution in [-0.4, -0.2) is 30.4 Å². The van der Waals surface area contributed by atoms with Crippen molar-refractivity contribution in [3.05, 3.63) is 71.8 Å². The zero-order valence-corrected chi connectivity index (χ0v) is 16.1. The molecule has 1 amide bonds. The minimum absolute atomic E-state index is 0.000922. The molecule has 0 saturated carbocycles. The third-order valence-corrected chi connectivity index (χ3v) is 5.25. The molecule has 29 heavy (non-hydrogen) atoms. The van der Waals surface area contributed by atoms with E-state index in [0.29, 0.717) is 42.6 Å². The Morgan fingerprint density at radius 1 is 1.14 bits per heavy atom. The first-order valence-corrected chi connectivity index (χ1v) is 9.53. The summed E-state index contributed by atoms with van der Waals surface area (Å²) in [4.78, 5) is 14.4. The van der Waals surface area contributed by atoms with E-state index in [1.54, 1.807) is 11.0 Å². The molecule has 1 fully saturated rings. The molecule has 6 heteroatoms. The fourth-order valence-corrected chi connectivity index (χ4v) is 3.49. The summed E-state index contributed by atoms with van der Waals surface area (Å²) in [7, 11) is 0. The first-order valence-electron chi connectivity index (χ1n) is 9.53. The number of benzene rings is 3. The Kier molecular flexibility index (Phi) is 4.96.